The fraction of sp³-hybridized carbons (Fsp3) is 0.381. The highest BCUT2D eigenvalue weighted by atomic mass is 19.1. The number of hydrogen-bond donors (Lipinski definition) is 1. The second-order valence-corrected chi connectivity index (χ2v) is 7.29. The summed E-state index contributed by atoms with van der Waals surface area (Å²) in [5, 5.41) is 0. The maximum atomic E-state index is 14.4. The number of nitrogens with one attached hydrogen (secondary N) is 1. The van der Waals surface area contributed by atoms with E-state index in [2.05, 4.69) is 29.9 Å². The lowest BCUT2D eigenvalue weighted by Gasteiger charge is -2.16. The minimum Gasteiger partial charge on any atom is -0.366 e. The van der Waals surface area contributed by atoms with Crippen molar-refractivity contribution >= 4 is 11.0 Å². The Kier molecular flexibility index (Phi) is 4.93. The van der Waals surface area contributed by atoms with E-state index in [0.29, 0.717) is 24.5 Å². The molecule has 3 aromatic rings. The van der Waals surface area contributed by atoms with E-state index >= 15 is 0 Å². The highest BCUT2D eigenvalue weighted by molar-refractivity contribution is 5.77. The molecule has 0 radical (unpaired) electrons. The molecule has 4 nitrogen and oxygen atoms in total. The molecule has 6 heteroatoms. The topological polar surface area (TPSA) is 41.1 Å². The van der Waals surface area contributed by atoms with Gasteiger partial charge in [-0.25, -0.2) is 13.8 Å². The van der Waals surface area contributed by atoms with Crippen LogP contribution in [0.2, 0.25) is 0 Å². The van der Waals surface area contributed by atoms with E-state index in [9.17, 15) is 8.78 Å². The Labute approximate surface area is 157 Å². The minimum absolute atomic E-state index is 0.228. The summed E-state index contributed by atoms with van der Waals surface area (Å²) in [7, 11) is 0. The quantitative estimate of drug-likeness (QED) is 0.735. The van der Waals surface area contributed by atoms with E-state index in [-0.39, 0.29) is 19.0 Å². The zero-order chi connectivity index (χ0) is 19.0. The van der Waals surface area contributed by atoms with Gasteiger partial charge in [-0.15, -0.1) is 0 Å². The van der Waals surface area contributed by atoms with Crippen LogP contribution in [0.3, 0.4) is 0 Å². The molecule has 1 N–H and O–H groups in total. The third-order valence-electron chi connectivity index (χ3n) is 5.21. The molecule has 0 spiro atoms. The summed E-state index contributed by atoms with van der Waals surface area (Å²) in [4.78, 5) is 9.66. The van der Waals surface area contributed by atoms with Crippen molar-refractivity contribution in [2.24, 2.45) is 0 Å². The normalized spacial score (nSPS) is 20.6. The van der Waals surface area contributed by atoms with Gasteiger partial charge in [0.05, 0.1) is 11.0 Å². The summed E-state index contributed by atoms with van der Waals surface area (Å²) in [5.74, 6) is 0.430. The molecule has 142 valence electrons. The van der Waals surface area contributed by atoms with Gasteiger partial charge in [-0.2, -0.15) is 0 Å². The van der Waals surface area contributed by atoms with Crippen molar-refractivity contribution in [3.63, 3.8) is 0 Å². The van der Waals surface area contributed by atoms with Crippen molar-refractivity contribution in [3.05, 3.63) is 64.7 Å². The smallest absolute Gasteiger partial charge is 0.140 e. The predicted octanol–water partition coefficient (Wildman–Crippen LogP) is 4.06. The number of halogens is 2. The molecule has 1 aliphatic rings. The molecular formula is C21H23F2N3O. The standard InChI is InChI=1S/C21H23F2N3O/c1-13-7-18-19(8-14(13)2)25-21(24-18)12-27-20-11-26(10-17(20)23)9-15-5-3-4-6-16(15)22/h3-8,17,20H,9-12H2,1-2H3,(H,24,25)/t17-,20+/m1/s1. The van der Waals surface area contributed by atoms with Gasteiger partial charge in [-0.05, 0) is 43.2 Å². The first-order chi connectivity index (χ1) is 13.0. The van der Waals surface area contributed by atoms with Crippen LogP contribution in [-0.2, 0) is 17.9 Å². The number of imidazole rings is 1. The summed E-state index contributed by atoms with van der Waals surface area (Å²) >= 11 is 0. The Morgan fingerprint density at radius 2 is 1.96 bits per heavy atom. The number of alkyl halides is 1. The van der Waals surface area contributed by atoms with Crippen LogP contribution in [0.5, 0.6) is 0 Å². The summed E-state index contributed by atoms with van der Waals surface area (Å²) in [6.07, 6.45) is -1.63. The Bertz CT molecular complexity index is 917. The number of benzene rings is 2. The van der Waals surface area contributed by atoms with Crippen LogP contribution < -0.4 is 0 Å². The lowest BCUT2D eigenvalue weighted by Crippen LogP contribution is -2.24. The van der Waals surface area contributed by atoms with Crippen molar-refractivity contribution in [2.45, 2.75) is 39.3 Å². The molecule has 1 fully saturated rings. The first-order valence-corrected chi connectivity index (χ1v) is 9.17. The minimum atomic E-state index is -1.09. The van der Waals surface area contributed by atoms with Gasteiger partial charge in [0.2, 0.25) is 0 Å². The number of nitrogens with zero attached hydrogens (tertiary/aromatic N) is 2. The number of fused-ring (bicyclic) bond motifs is 1. The molecule has 1 saturated heterocycles. The number of aromatic amines is 1. The van der Waals surface area contributed by atoms with Crippen molar-refractivity contribution < 1.29 is 13.5 Å². The molecule has 0 bridgehead atoms. The van der Waals surface area contributed by atoms with Gasteiger partial charge in [0, 0.05) is 25.2 Å². The van der Waals surface area contributed by atoms with E-state index in [1.54, 1.807) is 18.2 Å². The van der Waals surface area contributed by atoms with Gasteiger partial charge in [0.25, 0.3) is 0 Å². The van der Waals surface area contributed by atoms with Crippen LogP contribution >= 0.6 is 0 Å². The van der Waals surface area contributed by atoms with Gasteiger partial charge in [-0.1, -0.05) is 18.2 Å². The molecule has 2 heterocycles. The van der Waals surface area contributed by atoms with E-state index in [1.807, 2.05) is 11.0 Å². The Hall–Kier alpha value is -2.31. The predicted molar refractivity (Wildman–Crippen MR) is 101 cm³/mol. The number of hydrogen-bond acceptors (Lipinski definition) is 3. The van der Waals surface area contributed by atoms with Crippen LogP contribution in [-0.4, -0.2) is 40.2 Å². The maximum absolute atomic E-state index is 14.4. The summed E-state index contributed by atoms with van der Waals surface area (Å²) in [5.41, 5.74) is 4.81. The summed E-state index contributed by atoms with van der Waals surface area (Å²) in [6.45, 7) is 5.41. The molecule has 0 saturated carbocycles. The number of ether oxygens (including phenoxy) is 1. The largest absolute Gasteiger partial charge is 0.366 e. The van der Waals surface area contributed by atoms with Gasteiger partial charge in [0.15, 0.2) is 0 Å². The Morgan fingerprint density at radius 1 is 1.19 bits per heavy atom. The number of rotatable bonds is 5. The average molecular weight is 371 g/mol. The van der Waals surface area contributed by atoms with Crippen molar-refractivity contribution in [3.8, 4) is 0 Å². The van der Waals surface area contributed by atoms with Crippen LogP contribution in [0.4, 0.5) is 8.78 Å². The molecule has 0 aliphatic carbocycles. The molecule has 0 amide bonds. The van der Waals surface area contributed by atoms with Gasteiger partial charge < -0.3 is 9.72 Å². The number of H-pyrrole nitrogens is 1. The first-order valence-electron chi connectivity index (χ1n) is 9.17. The van der Waals surface area contributed by atoms with E-state index in [1.165, 1.54) is 17.2 Å². The fourth-order valence-electron chi connectivity index (χ4n) is 3.54. The van der Waals surface area contributed by atoms with Crippen LogP contribution in [0.15, 0.2) is 36.4 Å². The summed E-state index contributed by atoms with van der Waals surface area (Å²) < 4.78 is 33.9. The van der Waals surface area contributed by atoms with Crippen LogP contribution in [0, 0.1) is 19.7 Å². The van der Waals surface area contributed by atoms with E-state index in [4.69, 9.17) is 4.74 Å². The third kappa shape index (κ3) is 3.87. The lowest BCUT2D eigenvalue weighted by atomic mass is 10.1. The number of aromatic nitrogens is 2. The maximum Gasteiger partial charge on any atom is 0.140 e. The molecular weight excluding hydrogens is 348 g/mol. The van der Waals surface area contributed by atoms with Crippen molar-refractivity contribution in [1.29, 1.82) is 0 Å². The monoisotopic (exact) mass is 371 g/mol. The van der Waals surface area contributed by atoms with Crippen molar-refractivity contribution in [2.75, 3.05) is 13.1 Å². The summed E-state index contributed by atoms with van der Waals surface area (Å²) in [6, 6.07) is 10.7. The lowest BCUT2D eigenvalue weighted by molar-refractivity contribution is 0.00862. The van der Waals surface area contributed by atoms with Crippen LogP contribution in [0.25, 0.3) is 11.0 Å². The van der Waals surface area contributed by atoms with Crippen LogP contribution in [0.1, 0.15) is 22.5 Å². The molecule has 1 aliphatic heterocycles. The molecule has 2 atom stereocenters. The average Bonchev–Trinajstić information content (AvgIpc) is 3.18. The van der Waals surface area contributed by atoms with Gasteiger partial charge >= 0.3 is 0 Å². The highest BCUT2D eigenvalue weighted by Crippen LogP contribution is 2.22. The zero-order valence-electron chi connectivity index (χ0n) is 15.5. The second kappa shape index (κ2) is 7.37. The zero-order valence-corrected chi connectivity index (χ0v) is 15.5. The molecule has 27 heavy (non-hydrogen) atoms. The Morgan fingerprint density at radius 3 is 2.78 bits per heavy atom. The molecule has 1 aromatic heterocycles. The SMILES string of the molecule is Cc1cc2nc(CO[C@H]3CN(Cc4ccccc4F)C[C@H]3F)[nH]c2cc1C. The number of aryl methyl sites for hydroxylation is 2. The van der Waals surface area contributed by atoms with Gasteiger partial charge in [0.1, 0.15) is 30.5 Å². The fourth-order valence-corrected chi connectivity index (χ4v) is 3.54. The second-order valence-electron chi connectivity index (χ2n) is 7.29. The molecule has 2 aromatic carbocycles. The first kappa shape index (κ1) is 18.1. The number of likely N-dealkylation sites (tertiary alicyclic amines) is 1. The highest BCUT2D eigenvalue weighted by Gasteiger charge is 2.34. The third-order valence-corrected chi connectivity index (χ3v) is 5.21. The van der Waals surface area contributed by atoms with E-state index < -0.39 is 12.3 Å². The van der Waals surface area contributed by atoms with Gasteiger partial charge in [-0.3, -0.25) is 4.90 Å². The Balaban J connectivity index is 1.38. The van der Waals surface area contributed by atoms with E-state index in [0.717, 1.165) is 11.0 Å². The molecule has 0 unspecified atom stereocenters. The van der Waals surface area contributed by atoms with Crippen molar-refractivity contribution in [1.82, 2.24) is 14.9 Å². The molecule has 4 rings (SSSR count).